The maximum absolute atomic E-state index is 13.9. The number of nitrogens with two attached hydrogens (primary N) is 1. The van der Waals surface area contributed by atoms with Crippen LogP contribution in [0.3, 0.4) is 0 Å². The Bertz CT molecular complexity index is 1130. The first-order valence-electron chi connectivity index (χ1n) is 7.48. The summed E-state index contributed by atoms with van der Waals surface area (Å²) in [5, 5.41) is 2.72. The lowest BCUT2D eigenvalue weighted by molar-refractivity contribution is 0.0996. The lowest BCUT2D eigenvalue weighted by Gasteiger charge is -2.05. The van der Waals surface area contributed by atoms with Crippen LogP contribution in [0.15, 0.2) is 51.8 Å². The molecule has 0 aliphatic rings. The van der Waals surface area contributed by atoms with Crippen molar-refractivity contribution >= 4 is 27.3 Å². The first-order chi connectivity index (χ1) is 12.6. The molecule has 0 saturated heterocycles. The van der Waals surface area contributed by atoms with Crippen LogP contribution in [0, 0.1) is 11.6 Å². The van der Waals surface area contributed by atoms with Crippen molar-refractivity contribution in [1.82, 2.24) is 4.98 Å². The van der Waals surface area contributed by atoms with E-state index in [1.165, 1.54) is 24.3 Å². The van der Waals surface area contributed by atoms with E-state index in [0.29, 0.717) is 5.69 Å². The van der Waals surface area contributed by atoms with Crippen LogP contribution in [0.4, 0.5) is 20.4 Å². The molecule has 1 amide bonds. The standard InChI is InChI=1S/C17H13F2N3O4S/c1-27(24,25)11-5-3-10(4-6-11)21-17-14(15(20)23)22-16(26-17)12-8-9(18)2-7-13(12)19/h2-8,21H,1H3,(H2,20,23). The summed E-state index contributed by atoms with van der Waals surface area (Å²) in [7, 11) is -3.37. The summed E-state index contributed by atoms with van der Waals surface area (Å²) in [6, 6.07) is 8.28. The Morgan fingerprint density at radius 2 is 1.81 bits per heavy atom. The molecule has 0 aliphatic carbocycles. The number of anilines is 2. The van der Waals surface area contributed by atoms with E-state index in [4.69, 9.17) is 10.2 Å². The molecule has 0 bridgehead atoms. The molecular weight excluding hydrogens is 380 g/mol. The molecule has 0 saturated carbocycles. The average molecular weight is 393 g/mol. The van der Waals surface area contributed by atoms with Gasteiger partial charge >= 0.3 is 0 Å². The van der Waals surface area contributed by atoms with E-state index in [-0.39, 0.29) is 27.9 Å². The zero-order chi connectivity index (χ0) is 19.8. The van der Waals surface area contributed by atoms with E-state index in [2.05, 4.69) is 10.3 Å². The number of hydrogen-bond donors (Lipinski definition) is 2. The van der Waals surface area contributed by atoms with Crippen LogP contribution in [-0.2, 0) is 9.84 Å². The van der Waals surface area contributed by atoms with Crippen LogP contribution < -0.4 is 11.1 Å². The van der Waals surface area contributed by atoms with E-state index in [1.807, 2.05) is 0 Å². The zero-order valence-electron chi connectivity index (χ0n) is 13.9. The Labute approximate surface area is 152 Å². The van der Waals surface area contributed by atoms with Crippen molar-refractivity contribution in [2.24, 2.45) is 5.73 Å². The number of rotatable bonds is 5. The van der Waals surface area contributed by atoms with Crippen LogP contribution in [0.2, 0.25) is 0 Å². The molecule has 0 spiro atoms. The third kappa shape index (κ3) is 3.95. The highest BCUT2D eigenvalue weighted by Gasteiger charge is 2.21. The highest BCUT2D eigenvalue weighted by atomic mass is 32.2. The number of aromatic nitrogens is 1. The van der Waals surface area contributed by atoms with Gasteiger partial charge in [-0.1, -0.05) is 0 Å². The van der Waals surface area contributed by atoms with E-state index < -0.39 is 27.4 Å². The van der Waals surface area contributed by atoms with Gasteiger partial charge in [-0.05, 0) is 42.5 Å². The maximum Gasteiger partial charge on any atom is 0.273 e. The molecule has 2 aromatic carbocycles. The number of nitrogens with one attached hydrogen (secondary N) is 1. The lowest BCUT2D eigenvalue weighted by atomic mass is 10.2. The van der Waals surface area contributed by atoms with Crippen molar-refractivity contribution in [1.29, 1.82) is 0 Å². The van der Waals surface area contributed by atoms with Gasteiger partial charge in [0.25, 0.3) is 5.91 Å². The number of carbonyl (C=O) groups excluding carboxylic acids is 1. The Hall–Kier alpha value is -3.27. The van der Waals surface area contributed by atoms with Crippen LogP contribution in [-0.4, -0.2) is 25.6 Å². The number of amides is 1. The van der Waals surface area contributed by atoms with Gasteiger partial charge in [0.1, 0.15) is 11.6 Å². The van der Waals surface area contributed by atoms with Crippen LogP contribution >= 0.6 is 0 Å². The van der Waals surface area contributed by atoms with Gasteiger partial charge in [-0.15, -0.1) is 0 Å². The van der Waals surface area contributed by atoms with Crippen molar-refractivity contribution in [2.75, 3.05) is 11.6 Å². The fourth-order valence-electron chi connectivity index (χ4n) is 2.27. The highest BCUT2D eigenvalue weighted by Crippen LogP contribution is 2.30. The predicted octanol–water partition coefficient (Wildman–Crippen LogP) is 2.87. The van der Waals surface area contributed by atoms with Gasteiger partial charge in [0.15, 0.2) is 15.5 Å². The Balaban J connectivity index is 1.99. The number of benzene rings is 2. The minimum Gasteiger partial charge on any atom is -0.419 e. The minimum atomic E-state index is -3.37. The molecule has 0 radical (unpaired) electrons. The molecule has 7 nitrogen and oxygen atoms in total. The molecule has 1 aromatic heterocycles. The lowest BCUT2D eigenvalue weighted by Crippen LogP contribution is -2.13. The number of nitrogens with zero attached hydrogens (tertiary/aromatic N) is 1. The van der Waals surface area contributed by atoms with E-state index in [9.17, 15) is 22.0 Å². The summed E-state index contributed by atoms with van der Waals surface area (Å²) in [5.74, 6) is -2.98. The van der Waals surface area contributed by atoms with Crippen molar-refractivity contribution in [3.05, 3.63) is 59.8 Å². The normalized spacial score (nSPS) is 11.4. The van der Waals surface area contributed by atoms with Gasteiger partial charge in [0, 0.05) is 11.9 Å². The largest absolute Gasteiger partial charge is 0.419 e. The second-order valence-corrected chi connectivity index (χ2v) is 7.62. The quantitative estimate of drug-likeness (QED) is 0.689. The topological polar surface area (TPSA) is 115 Å². The minimum absolute atomic E-state index is 0.100. The molecule has 3 rings (SSSR count). The first-order valence-corrected chi connectivity index (χ1v) is 9.37. The summed E-state index contributed by atoms with van der Waals surface area (Å²) < 4.78 is 55.6. The van der Waals surface area contributed by atoms with Crippen molar-refractivity contribution in [3.8, 4) is 11.5 Å². The molecule has 0 fully saturated rings. The molecule has 10 heteroatoms. The smallest absolute Gasteiger partial charge is 0.273 e. The molecule has 0 atom stereocenters. The molecule has 0 unspecified atom stereocenters. The molecule has 27 heavy (non-hydrogen) atoms. The van der Waals surface area contributed by atoms with Gasteiger partial charge in [-0.2, -0.15) is 0 Å². The molecule has 140 valence electrons. The van der Waals surface area contributed by atoms with Gasteiger partial charge < -0.3 is 15.5 Å². The van der Waals surface area contributed by atoms with E-state index in [1.54, 1.807) is 0 Å². The summed E-state index contributed by atoms with van der Waals surface area (Å²) >= 11 is 0. The molecular formula is C17H13F2N3O4S. The second-order valence-electron chi connectivity index (χ2n) is 5.61. The SMILES string of the molecule is CS(=O)(=O)c1ccc(Nc2oc(-c3cc(F)ccc3F)nc2C(N)=O)cc1. The fourth-order valence-corrected chi connectivity index (χ4v) is 2.90. The second kappa shape index (κ2) is 6.80. The molecule has 3 aromatic rings. The Morgan fingerprint density at radius 3 is 2.41 bits per heavy atom. The fraction of sp³-hybridized carbons (Fsp3) is 0.0588. The van der Waals surface area contributed by atoms with Crippen LogP contribution in [0.1, 0.15) is 10.5 Å². The van der Waals surface area contributed by atoms with Crippen molar-refractivity contribution in [3.63, 3.8) is 0 Å². The number of hydrogen-bond acceptors (Lipinski definition) is 6. The van der Waals surface area contributed by atoms with E-state index >= 15 is 0 Å². The van der Waals surface area contributed by atoms with Crippen molar-refractivity contribution in [2.45, 2.75) is 4.90 Å². The Morgan fingerprint density at radius 1 is 1.15 bits per heavy atom. The van der Waals surface area contributed by atoms with Gasteiger partial charge in [0.2, 0.25) is 11.8 Å². The summed E-state index contributed by atoms with van der Waals surface area (Å²) in [6.07, 6.45) is 1.07. The number of primary amides is 1. The molecule has 1 heterocycles. The number of carbonyl (C=O) groups is 1. The highest BCUT2D eigenvalue weighted by molar-refractivity contribution is 7.90. The summed E-state index contributed by atoms with van der Waals surface area (Å²) in [5.41, 5.74) is 5.03. The Kier molecular flexibility index (Phi) is 4.66. The zero-order valence-corrected chi connectivity index (χ0v) is 14.7. The monoisotopic (exact) mass is 393 g/mol. The van der Waals surface area contributed by atoms with Crippen LogP contribution in [0.25, 0.3) is 11.5 Å². The van der Waals surface area contributed by atoms with Gasteiger partial charge in [-0.25, -0.2) is 22.2 Å². The number of oxazole rings is 1. The average Bonchev–Trinajstić information content (AvgIpc) is 3.00. The predicted molar refractivity (Wildman–Crippen MR) is 93.2 cm³/mol. The van der Waals surface area contributed by atoms with Crippen molar-refractivity contribution < 1.29 is 26.4 Å². The number of halogens is 2. The van der Waals surface area contributed by atoms with Gasteiger partial charge in [0.05, 0.1) is 10.5 Å². The third-order valence-electron chi connectivity index (χ3n) is 3.56. The molecule has 3 N–H and O–H groups in total. The summed E-state index contributed by atoms with van der Waals surface area (Å²) in [4.78, 5) is 15.5. The first kappa shape index (κ1) is 18.5. The molecule has 0 aliphatic heterocycles. The van der Waals surface area contributed by atoms with Gasteiger partial charge in [-0.3, -0.25) is 4.79 Å². The maximum atomic E-state index is 13.9. The summed E-state index contributed by atoms with van der Waals surface area (Å²) in [6.45, 7) is 0. The third-order valence-corrected chi connectivity index (χ3v) is 4.69. The van der Waals surface area contributed by atoms with Crippen LogP contribution in [0.5, 0.6) is 0 Å². The van der Waals surface area contributed by atoms with E-state index in [0.717, 1.165) is 24.5 Å². The number of sulfone groups is 1.